The van der Waals surface area contributed by atoms with E-state index in [9.17, 15) is 0 Å². The number of rotatable bonds is 3. The predicted molar refractivity (Wildman–Crippen MR) is 193 cm³/mol. The number of hydrogen-bond acceptors (Lipinski definition) is 4. The third kappa shape index (κ3) is 3.98. The lowest BCUT2D eigenvalue weighted by Crippen LogP contribution is -2.00. The quantitative estimate of drug-likeness (QED) is 0.190. The fraction of sp³-hybridized carbons (Fsp3) is 0. The summed E-state index contributed by atoms with van der Waals surface area (Å²) in [6.45, 7) is 0. The Labute approximate surface area is 269 Å². The molecule has 0 amide bonds. The van der Waals surface area contributed by atoms with Crippen molar-refractivity contribution in [2.45, 2.75) is 0 Å². The molecule has 0 radical (unpaired) electrons. The first kappa shape index (κ1) is 25.9. The maximum absolute atomic E-state index is 6.75. The van der Waals surface area contributed by atoms with Crippen molar-refractivity contribution in [3.05, 3.63) is 152 Å². The second kappa shape index (κ2) is 10.1. The average molecular weight is 600 g/mol. The Hall–Kier alpha value is -6.39. The van der Waals surface area contributed by atoms with Crippen LogP contribution in [0.25, 0.3) is 99.2 Å². The van der Waals surface area contributed by atoms with Crippen LogP contribution in [0.15, 0.2) is 156 Å². The van der Waals surface area contributed by atoms with E-state index in [1.807, 2.05) is 60.7 Å². The van der Waals surface area contributed by atoms with Gasteiger partial charge < -0.3 is 4.42 Å². The van der Waals surface area contributed by atoms with Crippen molar-refractivity contribution in [1.82, 2.24) is 15.0 Å². The highest BCUT2D eigenvalue weighted by atomic mass is 16.3. The second-order valence-corrected chi connectivity index (χ2v) is 12.0. The first-order valence-corrected chi connectivity index (χ1v) is 15.8. The molecule has 2 aromatic heterocycles. The molecule has 10 aromatic rings. The molecule has 4 heteroatoms. The van der Waals surface area contributed by atoms with Gasteiger partial charge >= 0.3 is 0 Å². The smallest absolute Gasteiger partial charge is 0.164 e. The van der Waals surface area contributed by atoms with Gasteiger partial charge in [0.2, 0.25) is 0 Å². The van der Waals surface area contributed by atoms with Crippen molar-refractivity contribution in [3.63, 3.8) is 0 Å². The van der Waals surface area contributed by atoms with Crippen molar-refractivity contribution >= 4 is 65.0 Å². The minimum Gasteiger partial charge on any atom is -0.456 e. The van der Waals surface area contributed by atoms with Gasteiger partial charge in [-0.3, -0.25) is 0 Å². The standard InChI is InChI=1S/C43H25N3O/c1-3-13-26(14-4-1)41-44-42(27-15-5-2-6-16-27)46-43(45-41)36-25-39-40(33-22-12-11-21-32(33)36)37-23-34-30-19-9-7-17-28(30)29-18-8-10-20-31(29)35(34)24-38(37)47-39/h1-25H. The van der Waals surface area contributed by atoms with Gasteiger partial charge in [-0.05, 0) is 61.3 Å². The van der Waals surface area contributed by atoms with E-state index in [0.29, 0.717) is 17.5 Å². The van der Waals surface area contributed by atoms with Crippen molar-refractivity contribution < 1.29 is 4.42 Å². The van der Waals surface area contributed by atoms with E-state index >= 15 is 0 Å². The highest BCUT2D eigenvalue weighted by Crippen LogP contribution is 2.43. The van der Waals surface area contributed by atoms with Crippen LogP contribution >= 0.6 is 0 Å². The molecule has 0 saturated carbocycles. The van der Waals surface area contributed by atoms with Crippen molar-refractivity contribution in [1.29, 1.82) is 0 Å². The molecule has 47 heavy (non-hydrogen) atoms. The molecule has 0 bridgehead atoms. The number of aromatic nitrogens is 3. The van der Waals surface area contributed by atoms with E-state index in [4.69, 9.17) is 19.4 Å². The molecule has 4 nitrogen and oxygen atoms in total. The molecule has 0 atom stereocenters. The van der Waals surface area contributed by atoms with E-state index < -0.39 is 0 Å². The largest absolute Gasteiger partial charge is 0.456 e. The maximum Gasteiger partial charge on any atom is 0.164 e. The SMILES string of the molecule is c1ccc(-c2nc(-c3ccccc3)nc(-c3cc4oc5cc6c7ccccc7c7ccccc7c6cc5c4c4ccccc34)n2)cc1. The summed E-state index contributed by atoms with van der Waals surface area (Å²) in [6, 6.07) is 52.6. The normalized spacial score (nSPS) is 11.8. The maximum atomic E-state index is 6.75. The summed E-state index contributed by atoms with van der Waals surface area (Å²) in [5.41, 5.74) is 4.45. The van der Waals surface area contributed by atoms with Crippen LogP contribution in [-0.2, 0) is 0 Å². The van der Waals surface area contributed by atoms with E-state index in [2.05, 4.69) is 91.0 Å². The van der Waals surface area contributed by atoms with Gasteiger partial charge in [0.15, 0.2) is 17.5 Å². The van der Waals surface area contributed by atoms with Gasteiger partial charge in [-0.1, -0.05) is 133 Å². The van der Waals surface area contributed by atoms with Gasteiger partial charge in [-0.25, -0.2) is 15.0 Å². The summed E-state index contributed by atoms with van der Waals surface area (Å²) in [5, 5.41) is 11.7. The molecule has 218 valence electrons. The van der Waals surface area contributed by atoms with Gasteiger partial charge in [0, 0.05) is 27.5 Å². The van der Waals surface area contributed by atoms with Gasteiger partial charge in [0.25, 0.3) is 0 Å². The minimum atomic E-state index is 0.610. The van der Waals surface area contributed by atoms with E-state index in [1.54, 1.807) is 0 Å². The highest BCUT2D eigenvalue weighted by Gasteiger charge is 2.20. The van der Waals surface area contributed by atoms with Crippen LogP contribution in [0.2, 0.25) is 0 Å². The Kier molecular flexibility index (Phi) is 5.54. The molecule has 0 aliphatic rings. The average Bonchev–Trinajstić information content (AvgIpc) is 3.52. The molecule has 0 aliphatic heterocycles. The fourth-order valence-corrected chi connectivity index (χ4v) is 7.15. The van der Waals surface area contributed by atoms with Crippen LogP contribution in [0.1, 0.15) is 0 Å². The van der Waals surface area contributed by atoms with Crippen LogP contribution < -0.4 is 0 Å². The summed E-state index contributed by atoms with van der Waals surface area (Å²) >= 11 is 0. The Morgan fingerprint density at radius 3 is 1.34 bits per heavy atom. The van der Waals surface area contributed by atoms with E-state index in [1.165, 1.54) is 32.3 Å². The molecule has 2 heterocycles. The summed E-state index contributed by atoms with van der Waals surface area (Å²) in [7, 11) is 0. The van der Waals surface area contributed by atoms with Crippen molar-refractivity contribution in [2.24, 2.45) is 0 Å². The number of hydrogen-bond donors (Lipinski definition) is 0. The molecular weight excluding hydrogens is 574 g/mol. The molecule has 0 unspecified atom stereocenters. The zero-order valence-electron chi connectivity index (χ0n) is 25.2. The summed E-state index contributed by atoms with van der Waals surface area (Å²) in [4.78, 5) is 15.0. The molecule has 0 fully saturated rings. The highest BCUT2D eigenvalue weighted by molar-refractivity contribution is 6.30. The first-order valence-electron chi connectivity index (χ1n) is 15.8. The third-order valence-electron chi connectivity index (χ3n) is 9.28. The zero-order valence-corrected chi connectivity index (χ0v) is 25.2. The Morgan fingerprint density at radius 2 is 0.766 bits per heavy atom. The van der Waals surface area contributed by atoms with Gasteiger partial charge in [-0.15, -0.1) is 0 Å². The molecule has 8 aromatic carbocycles. The van der Waals surface area contributed by atoms with E-state index in [0.717, 1.165) is 49.4 Å². The number of benzene rings is 8. The van der Waals surface area contributed by atoms with Gasteiger partial charge in [-0.2, -0.15) is 0 Å². The molecule has 0 aliphatic carbocycles. The van der Waals surface area contributed by atoms with Crippen molar-refractivity contribution in [2.75, 3.05) is 0 Å². The Morgan fingerprint density at radius 1 is 0.319 bits per heavy atom. The van der Waals surface area contributed by atoms with Gasteiger partial charge in [0.1, 0.15) is 11.2 Å². The fourth-order valence-electron chi connectivity index (χ4n) is 7.15. The zero-order chi connectivity index (χ0) is 30.9. The minimum absolute atomic E-state index is 0.610. The summed E-state index contributed by atoms with van der Waals surface area (Å²) in [5.74, 6) is 1.87. The van der Waals surface area contributed by atoms with Crippen LogP contribution in [0.5, 0.6) is 0 Å². The van der Waals surface area contributed by atoms with Crippen LogP contribution in [0.4, 0.5) is 0 Å². The van der Waals surface area contributed by atoms with Crippen LogP contribution in [0.3, 0.4) is 0 Å². The summed E-state index contributed by atoms with van der Waals surface area (Å²) in [6.07, 6.45) is 0. The van der Waals surface area contributed by atoms with Gasteiger partial charge in [0.05, 0.1) is 0 Å². The second-order valence-electron chi connectivity index (χ2n) is 12.0. The van der Waals surface area contributed by atoms with E-state index in [-0.39, 0.29) is 0 Å². The number of furan rings is 1. The Bertz CT molecular complexity index is 2780. The lowest BCUT2D eigenvalue weighted by Gasteiger charge is -2.11. The lowest BCUT2D eigenvalue weighted by atomic mass is 9.92. The first-order chi connectivity index (χ1) is 23.3. The Balaban J connectivity index is 1.29. The third-order valence-corrected chi connectivity index (χ3v) is 9.28. The predicted octanol–water partition coefficient (Wildman–Crippen LogP) is 11.4. The summed E-state index contributed by atoms with van der Waals surface area (Å²) < 4.78 is 6.75. The lowest BCUT2D eigenvalue weighted by molar-refractivity contribution is 0.670. The number of nitrogens with zero attached hydrogens (tertiary/aromatic N) is 3. The molecule has 10 rings (SSSR count). The number of fused-ring (bicyclic) bond motifs is 11. The molecule has 0 spiro atoms. The van der Waals surface area contributed by atoms with Crippen LogP contribution in [-0.4, -0.2) is 15.0 Å². The molecule has 0 saturated heterocycles. The monoisotopic (exact) mass is 599 g/mol. The van der Waals surface area contributed by atoms with Crippen molar-refractivity contribution in [3.8, 4) is 34.2 Å². The topological polar surface area (TPSA) is 51.8 Å². The molecule has 0 N–H and O–H groups in total. The molecular formula is C43H25N3O. The van der Waals surface area contributed by atoms with Crippen LogP contribution in [0, 0.1) is 0 Å².